The number of rotatable bonds is 2. The van der Waals surface area contributed by atoms with Crippen molar-refractivity contribution >= 4 is 0 Å². The molecule has 0 heterocycles. The van der Waals surface area contributed by atoms with Gasteiger partial charge in [-0.1, -0.05) is 38.1 Å². The second-order valence-corrected chi connectivity index (χ2v) is 3.57. The highest BCUT2D eigenvalue weighted by Gasteiger charge is 2.07. The molecule has 0 unspecified atom stereocenters. The minimum Gasteiger partial charge on any atom is -0.324 e. The summed E-state index contributed by atoms with van der Waals surface area (Å²) in [4.78, 5) is 0. The molecule has 1 atom stereocenters. The van der Waals surface area contributed by atoms with Gasteiger partial charge in [0.1, 0.15) is 0 Å². The van der Waals surface area contributed by atoms with E-state index in [4.69, 9.17) is 5.73 Å². The van der Waals surface area contributed by atoms with Crippen molar-refractivity contribution < 1.29 is 0 Å². The zero-order valence-electron chi connectivity index (χ0n) is 8.04. The monoisotopic (exact) mass is 163 g/mol. The van der Waals surface area contributed by atoms with Gasteiger partial charge in [-0.05, 0) is 24.0 Å². The van der Waals surface area contributed by atoms with Crippen LogP contribution >= 0.6 is 0 Å². The third kappa shape index (κ3) is 1.86. The smallest absolute Gasteiger partial charge is 0.0268 e. The first kappa shape index (κ1) is 9.27. The zero-order valence-corrected chi connectivity index (χ0v) is 8.04. The molecule has 66 valence electrons. The Kier molecular flexibility index (Phi) is 2.88. The molecule has 1 nitrogen and oxygen atoms in total. The third-order valence-corrected chi connectivity index (χ3v) is 2.11. The Morgan fingerprint density at radius 1 is 1.00 bits per heavy atom. The van der Waals surface area contributed by atoms with E-state index in [1.807, 2.05) is 13.0 Å². The predicted octanol–water partition coefficient (Wildman–Crippen LogP) is 2.83. The normalized spacial score (nSPS) is 13.4. The highest BCUT2D eigenvalue weighted by Crippen LogP contribution is 2.22. The van der Waals surface area contributed by atoms with Crippen molar-refractivity contribution in [3.8, 4) is 0 Å². The highest BCUT2D eigenvalue weighted by molar-refractivity contribution is 5.31. The van der Waals surface area contributed by atoms with Gasteiger partial charge in [0, 0.05) is 6.04 Å². The van der Waals surface area contributed by atoms with Crippen molar-refractivity contribution in [2.24, 2.45) is 5.73 Å². The van der Waals surface area contributed by atoms with Crippen molar-refractivity contribution in [2.75, 3.05) is 0 Å². The Labute approximate surface area is 74.6 Å². The van der Waals surface area contributed by atoms with Crippen LogP contribution in [-0.4, -0.2) is 0 Å². The summed E-state index contributed by atoms with van der Waals surface area (Å²) in [6.45, 7) is 6.42. The number of benzene rings is 1. The van der Waals surface area contributed by atoms with E-state index in [1.54, 1.807) is 0 Å². The first-order valence-electron chi connectivity index (χ1n) is 4.47. The predicted molar refractivity (Wildman–Crippen MR) is 53.1 cm³/mol. The molecular weight excluding hydrogens is 146 g/mol. The highest BCUT2D eigenvalue weighted by atomic mass is 14.6. The lowest BCUT2D eigenvalue weighted by Gasteiger charge is -2.14. The van der Waals surface area contributed by atoms with Gasteiger partial charge in [0.05, 0.1) is 0 Å². The van der Waals surface area contributed by atoms with Crippen molar-refractivity contribution in [1.82, 2.24) is 0 Å². The maximum atomic E-state index is 5.85. The van der Waals surface area contributed by atoms with Crippen LogP contribution in [0.1, 0.15) is 43.9 Å². The molecule has 1 aromatic rings. The zero-order chi connectivity index (χ0) is 9.14. The molecule has 1 rings (SSSR count). The van der Waals surface area contributed by atoms with Crippen LogP contribution in [0.5, 0.6) is 0 Å². The summed E-state index contributed by atoms with van der Waals surface area (Å²) >= 11 is 0. The fourth-order valence-corrected chi connectivity index (χ4v) is 1.45. The van der Waals surface area contributed by atoms with Gasteiger partial charge in [0.15, 0.2) is 0 Å². The van der Waals surface area contributed by atoms with Crippen LogP contribution in [0, 0.1) is 0 Å². The van der Waals surface area contributed by atoms with Crippen molar-refractivity contribution in [3.63, 3.8) is 0 Å². The Balaban J connectivity index is 3.09. The molecule has 0 aliphatic heterocycles. The van der Waals surface area contributed by atoms with Crippen LogP contribution in [-0.2, 0) is 0 Å². The van der Waals surface area contributed by atoms with E-state index in [1.165, 1.54) is 11.1 Å². The third-order valence-electron chi connectivity index (χ3n) is 2.11. The molecule has 0 fully saturated rings. The van der Waals surface area contributed by atoms with E-state index in [0.717, 1.165) is 0 Å². The van der Waals surface area contributed by atoms with Gasteiger partial charge in [-0.3, -0.25) is 0 Å². The molecular formula is C11H17N. The van der Waals surface area contributed by atoms with Gasteiger partial charge >= 0.3 is 0 Å². The van der Waals surface area contributed by atoms with E-state index in [0.29, 0.717) is 5.92 Å². The van der Waals surface area contributed by atoms with Gasteiger partial charge in [-0.2, -0.15) is 0 Å². The molecule has 12 heavy (non-hydrogen) atoms. The summed E-state index contributed by atoms with van der Waals surface area (Å²) in [5, 5.41) is 0. The van der Waals surface area contributed by atoms with Gasteiger partial charge in [-0.15, -0.1) is 0 Å². The van der Waals surface area contributed by atoms with E-state index in [2.05, 4.69) is 32.0 Å². The first-order chi connectivity index (χ1) is 5.63. The lowest BCUT2D eigenvalue weighted by Crippen LogP contribution is -2.08. The average molecular weight is 163 g/mol. The van der Waals surface area contributed by atoms with Crippen LogP contribution in [0.3, 0.4) is 0 Å². The minimum absolute atomic E-state index is 0.142. The summed E-state index contributed by atoms with van der Waals surface area (Å²) in [6, 6.07) is 8.53. The average Bonchev–Trinajstić information content (AvgIpc) is 2.04. The number of hydrogen-bond acceptors (Lipinski definition) is 1. The summed E-state index contributed by atoms with van der Waals surface area (Å²) in [5.74, 6) is 0.562. The van der Waals surface area contributed by atoms with Crippen LogP contribution in [0.25, 0.3) is 0 Å². The molecule has 1 heteroatoms. The summed E-state index contributed by atoms with van der Waals surface area (Å²) in [6.07, 6.45) is 0. The minimum atomic E-state index is 0.142. The topological polar surface area (TPSA) is 26.0 Å². The molecule has 0 aliphatic rings. The first-order valence-corrected chi connectivity index (χ1v) is 4.47. The van der Waals surface area contributed by atoms with E-state index in [9.17, 15) is 0 Å². The number of nitrogens with two attached hydrogens (primary N) is 1. The Hall–Kier alpha value is -0.820. The van der Waals surface area contributed by atoms with Crippen molar-refractivity contribution in [1.29, 1.82) is 0 Å². The van der Waals surface area contributed by atoms with Crippen LogP contribution in [0.4, 0.5) is 0 Å². The van der Waals surface area contributed by atoms with Gasteiger partial charge in [-0.25, -0.2) is 0 Å². The quantitative estimate of drug-likeness (QED) is 0.712. The molecule has 0 aliphatic carbocycles. The lowest BCUT2D eigenvalue weighted by atomic mass is 9.94. The number of hydrogen-bond donors (Lipinski definition) is 1. The summed E-state index contributed by atoms with van der Waals surface area (Å²) < 4.78 is 0. The maximum absolute atomic E-state index is 5.85. The second-order valence-electron chi connectivity index (χ2n) is 3.57. The molecule has 0 aromatic heterocycles. The van der Waals surface area contributed by atoms with Gasteiger partial charge < -0.3 is 5.73 Å². The van der Waals surface area contributed by atoms with Crippen molar-refractivity contribution in [2.45, 2.75) is 32.7 Å². The molecule has 1 aromatic carbocycles. The fourth-order valence-electron chi connectivity index (χ4n) is 1.45. The SMILES string of the molecule is CC(C)c1ccccc1[C@H](C)N. The van der Waals surface area contributed by atoms with Crippen LogP contribution in [0.2, 0.25) is 0 Å². The second kappa shape index (κ2) is 3.72. The molecule has 0 bridgehead atoms. The summed E-state index contributed by atoms with van der Waals surface area (Å²) in [7, 11) is 0. The summed E-state index contributed by atoms with van der Waals surface area (Å²) in [5.41, 5.74) is 8.49. The largest absolute Gasteiger partial charge is 0.324 e. The lowest BCUT2D eigenvalue weighted by molar-refractivity contribution is 0.765. The van der Waals surface area contributed by atoms with E-state index in [-0.39, 0.29) is 6.04 Å². The molecule has 0 amide bonds. The standard InChI is InChI=1S/C11H17N/c1-8(2)10-6-4-5-7-11(10)9(3)12/h4-9H,12H2,1-3H3/t9-/m0/s1. The van der Waals surface area contributed by atoms with Crippen LogP contribution in [0.15, 0.2) is 24.3 Å². The molecule has 0 spiro atoms. The van der Waals surface area contributed by atoms with E-state index < -0.39 is 0 Å². The molecule has 2 N–H and O–H groups in total. The Morgan fingerprint density at radius 2 is 1.50 bits per heavy atom. The van der Waals surface area contributed by atoms with Crippen molar-refractivity contribution in [3.05, 3.63) is 35.4 Å². The molecule has 0 saturated carbocycles. The Morgan fingerprint density at radius 3 is 1.83 bits per heavy atom. The van der Waals surface area contributed by atoms with Gasteiger partial charge in [0.2, 0.25) is 0 Å². The van der Waals surface area contributed by atoms with Gasteiger partial charge in [0.25, 0.3) is 0 Å². The van der Waals surface area contributed by atoms with E-state index >= 15 is 0 Å². The molecule has 0 radical (unpaired) electrons. The molecule has 0 saturated heterocycles. The van der Waals surface area contributed by atoms with Crippen LogP contribution < -0.4 is 5.73 Å². The maximum Gasteiger partial charge on any atom is 0.0268 e. The Bertz CT molecular complexity index is 224. The fraction of sp³-hybridized carbons (Fsp3) is 0.455.